The number of hydrogen-bond acceptors (Lipinski definition) is 6. The summed E-state index contributed by atoms with van der Waals surface area (Å²) in [5.41, 5.74) is -0.287. The molecule has 0 unspecified atom stereocenters. The number of rotatable bonds is 4. The summed E-state index contributed by atoms with van der Waals surface area (Å²) in [5, 5.41) is 18.5. The van der Waals surface area contributed by atoms with E-state index in [0.29, 0.717) is 24.7 Å². The highest BCUT2D eigenvalue weighted by Crippen LogP contribution is 2.33. The molecule has 3 N–H and O–H groups in total. The molecular formula is C15H13NO7S. The monoisotopic (exact) mass is 351 g/mol. The molecule has 1 aliphatic rings. The summed E-state index contributed by atoms with van der Waals surface area (Å²) < 4.78 is 37.8. The number of phenols is 1. The van der Waals surface area contributed by atoms with Crippen LogP contribution in [0, 0.1) is 0 Å². The molecule has 0 radical (unpaired) electrons. The highest BCUT2D eigenvalue weighted by atomic mass is 32.2. The largest absolute Gasteiger partial charge is 0.507 e. The fraction of sp³-hybridized carbons (Fsp3) is 0.133. The molecule has 1 heterocycles. The lowest BCUT2D eigenvalue weighted by atomic mass is 10.2. The summed E-state index contributed by atoms with van der Waals surface area (Å²) in [6.45, 7) is 0.723. The van der Waals surface area contributed by atoms with Gasteiger partial charge in [-0.25, -0.2) is 13.2 Å². The summed E-state index contributed by atoms with van der Waals surface area (Å²) >= 11 is 0. The number of aromatic carboxylic acids is 1. The van der Waals surface area contributed by atoms with Crippen LogP contribution in [-0.2, 0) is 10.0 Å². The van der Waals surface area contributed by atoms with E-state index in [-0.39, 0.29) is 16.1 Å². The molecule has 9 heteroatoms. The van der Waals surface area contributed by atoms with E-state index in [2.05, 4.69) is 4.72 Å². The van der Waals surface area contributed by atoms with Crippen molar-refractivity contribution < 1.29 is 32.9 Å². The number of carboxylic acid groups (broad SMARTS) is 1. The van der Waals surface area contributed by atoms with Crippen LogP contribution in [0.25, 0.3) is 0 Å². The Labute approximate surface area is 137 Å². The SMILES string of the molecule is O=C(O)c1ccc(NS(=O)(=O)c2ccc3c(c2)OCCO3)cc1O. The number of fused-ring (bicyclic) bond motifs is 1. The molecule has 0 atom stereocenters. The van der Waals surface area contributed by atoms with Crippen LogP contribution >= 0.6 is 0 Å². The van der Waals surface area contributed by atoms with E-state index in [9.17, 15) is 18.3 Å². The topological polar surface area (TPSA) is 122 Å². The molecule has 126 valence electrons. The summed E-state index contributed by atoms with van der Waals surface area (Å²) in [6, 6.07) is 7.58. The lowest BCUT2D eigenvalue weighted by Gasteiger charge is -2.19. The fourth-order valence-electron chi connectivity index (χ4n) is 2.18. The highest BCUT2D eigenvalue weighted by molar-refractivity contribution is 7.92. The molecule has 1 aliphatic heterocycles. The standard InChI is InChI=1S/C15H13NO7S/c17-12-7-9(1-3-11(12)15(18)19)16-24(20,21)10-2-4-13-14(8-10)23-6-5-22-13/h1-4,7-8,16-17H,5-6H2,(H,18,19). The molecule has 0 saturated carbocycles. The Morgan fingerprint density at radius 3 is 2.42 bits per heavy atom. The van der Waals surface area contributed by atoms with Crippen LogP contribution in [-0.4, -0.2) is 37.8 Å². The van der Waals surface area contributed by atoms with Crippen LogP contribution in [0.15, 0.2) is 41.3 Å². The minimum atomic E-state index is -3.94. The molecule has 0 aromatic heterocycles. The first kappa shape index (κ1) is 15.9. The van der Waals surface area contributed by atoms with Crippen molar-refractivity contribution in [2.75, 3.05) is 17.9 Å². The summed E-state index contributed by atoms with van der Waals surface area (Å²) in [7, 11) is -3.94. The smallest absolute Gasteiger partial charge is 0.339 e. The second-order valence-corrected chi connectivity index (χ2v) is 6.63. The summed E-state index contributed by atoms with van der Waals surface area (Å²) in [5.74, 6) is -1.06. The van der Waals surface area contributed by atoms with Gasteiger partial charge in [0.05, 0.1) is 10.6 Å². The second kappa shape index (κ2) is 5.93. The molecule has 24 heavy (non-hydrogen) atoms. The van der Waals surface area contributed by atoms with Crippen LogP contribution in [0.2, 0.25) is 0 Å². The average Bonchev–Trinajstić information content (AvgIpc) is 2.53. The van der Waals surface area contributed by atoms with E-state index in [0.717, 1.165) is 12.1 Å². The van der Waals surface area contributed by atoms with Crippen LogP contribution in [0.5, 0.6) is 17.2 Å². The van der Waals surface area contributed by atoms with E-state index in [1.54, 1.807) is 0 Å². The molecular weight excluding hydrogens is 338 g/mol. The average molecular weight is 351 g/mol. The van der Waals surface area contributed by atoms with Crippen LogP contribution in [0.4, 0.5) is 5.69 Å². The number of ether oxygens (including phenoxy) is 2. The number of sulfonamides is 1. The molecule has 3 rings (SSSR count). The third-order valence-electron chi connectivity index (χ3n) is 3.30. The Morgan fingerprint density at radius 2 is 1.75 bits per heavy atom. The van der Waals surface area contributed by atoms with Gasteiger partial charge in [-0.3, -0.25) is 4.72 Å². The third kappa shape index (κ3) is 3.06. The quantitative estimate of drug-likeness (QED) is 0.765. The maximum absolute atomic E-state index is 12.4. The Balaban J connectivity index is 1.89. The Hall–Kier alpha value is -2.94. The van der Waals surface area contributed by atoms with Gasteiger partial charge in [-0.1, -0.05) is 0 Å². The van der Waals surface area contributed by atoms with Gasteiger partial charge in [0.2, 0.25) is 0 Å². The number of carboxylic acids is 1. The number of nitrogens with one attached hydrogen (secondary N) is 1. The van der Waals surface area contributed by atoms with Gasteiger partial charge in [-0.15, -0.1) is 0 Å². The van der Waals surface area contributed by atoms with E-state index in [1.807, 2.05) is 0 Å². The molecule has 0 aliphatic carbocycles. The van der Waals surface area contributed by atoms with Gasteiger partial charge >= 0.3 is 5.97 Å². The minimum absolute atomic E-state index is 0.0346. The number of anilines is 1. The molecule has 8 nitrogen and oxygen atoms in total. The summed E-state index contributed by atoms with van der Waals surface area (Å²) in [6.07, 6.45) is 0. The van der Waals surface area contributed by atoms with Gasteiger partial charge in [0.15, 0.2) is 11.5 Å². The Bertz CT molecular complexity index is 908. The maximum Gasteiger partial charge on any atom is 0.339 e. The second-order valence-electron chi connectivity index (χ2n) is 4.95. The van der Waals surface area contributed by atoms with Crippen molar-refractivity contribution in [3.63, 3.8) is 0 Å². The van der Waals surface area contributed by atoms with Gasteiger partial charge in [-0.2, -0.15) is 0 Å². The Morgan fingerprint density at radius 1 is 1.04 bits per heavy atom. The van der Waals surface area contributed by atoms with E-state index in [1.165, 1.54) is 24.3 Å². The first-order valence-electron chi connectivity index (χ1n) is 6.85. The van der Waals surface area contributed by atoms with Gasteiger partial charge in [-0.05, 0) is 24.3 Å². The number of hydrogen-bond donors (Lipinski definition) is 3. The van der Waals surface area contributed by atoms with Crippen molar-refractivity contribution in [2.45, 2.75) is 4.90 Å². The van der Waals surface area contributed by atoms with Crippen molar-refractivity contribution in [1.29, 1.82) is 0 Å². The van der Waals surface area contributed by atoms with Gasteiger partial charge in [0, 0.05) is 12.1 Å². The maximum atomic E-state index is 12.4. The third-order valence-corrected chi connectivity index (χ3v) is 4.68. The Kier molecular flexibility index (Phi) is 3.94. The molecule has 0 amide bonds. The van der Waals surface area contributed by atoms with Crippen molar-refractivity contribution in [2.24, 2.45) is 0 Å². The lowest BCUT2D eigenvalue weighted by Crippen LogP contribution is -2.17. The zero-order valence-corrected chi connectivity index (χ0v) is 13.0. The minimum Gasteiger partial charge on any atom is -0.507 e. The number of aromatic hydroxyl groups is 1. The number of benzene rings is 2. The van der Waals surface area contributed by atoms with Crippen molar-refractivity contribution in [1.82, 2.24) is 0 Å². The first-order valence-corrected chi connectivity index (χ1v) is 8.34. The van der Waals surface area contributed by atoms with Crippen LogP contribution < -0.4 is 14.2 Å². The number of carbonyl (C=O) groups is 1. The van der Waals surface area contributed by atoms with Gasteiger partial charge in [0.1, 0.15) is 24.5 Å². The molecule has 0 fully saturated rings. The van der Waals surface area contributed by atoms with Crippen LogP contribution in [0.3, 0.4) is 0 Å². The van der Waals surface area contributed by atoms with Crippen molar-refractivity contribution >= 4 is 21.7 Å². The van der Waals surface area contributed by atoms with Gasteiger partial charge in [0.25, 0.3) is 10.0 Å². The van der Waals surface area contributed by atoms with Crippen LogP contribution in [0.1, 0.15) is 10.4 Å². The zero-order valence-electron chi connectivity index (χ0n) is 12.2. The highest BCUT2D eigenvalue weighted by Gasteiger charge is 2.20. The van der Waals surface area contributed by atoms with Gasteiger partial charge < -0.3 is 19.7 Å². The van der Waals surface area contributed by atoms with E-state index < -0.39 is 21.7 Å². The predicted octanol–water partition coefficient (Wildman–Crippen LogP) is 1.66. The summed E-state index contributed by atoms with van der Waals surface area (Å²) in [4.78, 5) is 10.8. The fourth-order valence-corrected chi connectivity index (χ4v) is 3.25. The molecule has 2 aromatic carbocycles. The molecule has 2 aromatic rings. The van der Waals surface area contributed by atoms with Crippen molar-refractivity contribution in [3.8, 4) is 17.2 Å². The molecule has 0 bridgehead atoms. The van der Waals surface area contributed by atoms with E-state index >= 15 is 0 Å². The van der Waals surface area contributed by atoms with E-state index in [4.69, 9.17) is 14.6 Å². The first-order chi connectivity index (χ1) is 11.4. The zero-order chi connectivity index (χ0) is 17.3. The molecule has 0 saturated heterocycles. The van der Waals surface area contributed by atoms with Crippen molar-refractivity contribution in [3.05, 3.63) is 42.0 Å². The predicted molar refractivity (Wildman–Crippen MR) is 83.3 cm³/mol. The normalized spacial score (nSPS) is 13.3. The lowest BCUT2D eigenvalue weighted by molar-refractivity contribution is 0.0694. The molecule has 0 spiro atoms.